The van der Waals surface area contributed by atoms with Crippen LogP contribution >= 0.6 is 23.6 Å². The number of nitriles is 1. The number of carbonyl (C=O) groups is 1. The molecule has 1 aliphatic rings. The fourth-order valence-electron chi connectivity index (χ4n) is 2.83. The standard InChI is InChI=1S/C16H21N3OS2/c1-9(20)18-15(21)19-14-12(8-17)11-6-5-10(16(2,3)4)7-13(11)22-14/h10H,5-7H2,1-4H3,(H2,18,19,20,21)/t10-/m0/s1. The third-order valence-corrected chi connectivity index (χ3v) is 5.49. The Labute approximate surface area is 140 Å². The fraction of sp³-hybridized carbons (Fsp3) is 0.562. The van der Waals surface area contributed by atoms with Crippen LogP contribution in [0.25, 0.3) is 0 Å². The van der Waals surface area contributed by atoms with E-state index in [-0.39, 0.29) is 16.4 Å². The summed E-state index contributed by atoms with van der Waals surface area (Å²) in [5.74, 6) is 0.408. The fourth-order valence-corrected chi connectivity index (χ4v) is 4.42. The van der Waals surface area contributed by atoms with Gasteiger partial charge < -0.3 is 10.6 Å². The zero-order valence-corrected chi connectivity index (χ0v) is 15.0. The zero-order chi connectivity index (χ0) is 16.5. The molecular formula is C16H21N3OS2. The van der Waals surface area contributed by atoms with Crippen LogP contribution < -0.4 is 10.6 Å². The maximum Gasteiger partial charge on any atom is 0.222 e. The second-order valence-corrected chi connectivity index (χ2v) is 8.27. The zero-order valence-electron chi connectivity index (χ0n) is 13.4. The van der Waals surface area contributed by atoms with Crippen molar-refractivity contribution >= 4 is 39.6 Å². The molecule has 1 aliphatic carbocycles. The van der Waals surface area contributed by atoms with Gasteiger partial charge in [0.15, 0.2) is 5.11 Å². The number of nitrogens with one attached hydrogen (secondary N) is 2. The van der Waals surface area contributed by atoms with Crippen LogP contribution in [0.2, 0.25) is 0 Å². The topological polar surface area (TPSA) is 64.9 Å². The number of thiocarbonyl (C=S) groups is 1. The quantitative estimate of drug-likeness (QED) is 0.770. The first kappa shape index (κ1) is 16.9. The first-order chi connectivity index (χ1) is 10.2. The van der Waals surface area contributed by atoms with E-state index < -0.39 is 0 Å². The Morgan fingerprint density at radius 3 is 2.68 bits per heavy atom. The lowest BCUT2D eigenvalue weighted by molar-refractivity contribution is -0.117. The van der Waals surface area contributed by atoms with Gasteiger partial charge in [-0.1, -0.05) is 20.8 Å². The summed E-state index contributed by atoms with van der Waals surface area (Å²) in [7, 11) is 0. The maximum atomic E-state index is 11.0. The number of hydrogen-bond acceptors (Lipinski definition) is 4. The first-order valence-electron chi connectivity index (χ1n) is 7.35. The highest BCUT2D eigenvalue weighted by Gasteiger charge is 2.32. The van der Waals surface area contributed by atoms with Crippen LogP contribution in [0.5, 0.6) is 0 Å². The van der Waals surface area contributed by atoms with Crippen molar-refractivity contribution < 1.29 is 4.79 Å². The number of amides is 1. The molecule has 2 rings (SSSR count). The Morgan fingerprint density at radius 2 is 2.14 bits per heavy atom. The largest absolute Gasteiger partial charge is 0.323 e. The van der Waals surface area contributed by atoms with Gasteiger partial charge in [0.2, 0.25) is 5.91 Å². The Bertz CT molecular complexity index is 650. The molecule has 0 aliphatic heterocycles. The van der Waals surface area contributed by atoms with Gasteiger partial charge in [-0.2, -0.15) is 5.26 Å². The molecule has 0 saturated heterocycles. The monoisotopic (exact) mass is 335 g/mol. The number of hydrogen-bond donors (Lipinski definition) is 2. The molecule has 1 amide bonds. The Balaban J connectivity index is 2.25. The maximum absolute atomic E-state index is 11.0. The molecule has 1 aromatic rings. The summed E-state index contributed by atoms with van der Waals surface area (Å²) < 4.78 is 0. The summed E-state index contributed by atoms with van der Waals surface area (Å²) in [6, 6.07) is 2.29. The molecule has 0 saturated carbocycles. The van der Waals surface area contributed by atoms with Crippen LogP contribution in [-0.2, 0) is 17.6 Å². The van der Waals surface area contributed by atoms with E-state index in [2.05, 4.69) is 37.5 Å². The molecule has 0 bridgehead atoms. The van der Waals surface area contributed by atoms with Crippen LogP contribution in [0, 0.1) is 22.7 Å². The lowest BCUT2D eigenvalue weighted by Gasteiger charge is -2.33. The predicted molar refractivity (Wildman–Crippen MR) is 94.0 cm³/mol. The van der Waals surface area contributed by atoms with Gasteiger partial charge in [-0.05, 0) is 48.4 Å². The number of nitrogens with zero attached hydrogens (tertiary/aromatic N) is 1. The highest BCUT2D eigenvalue weighted by atomic mass is 32.1. The van der Waals surface area contributed by atoms with E-state index in [1.54, 1.807) is 11.3 Å². The third-order valence-electron chi connectivity index (χ3n) is 4.12. The summed E-state index contributed by atoms with van der Waals surface area (Å²) in [4.78, 5) is 12.3. The van der Waals surface area contributed by atoms with Crippen molar-refractivity contribution in [3.05, 3.63) is 16.0 Å². The average molecular weight is 335 g/mol. The Morgan fingerprint density at radius 1 is 1.45 bits per heavy atom. The number of fused-ring (bicyclic) bond motifs is 1. The molecule has 0 aromatic carbocycles. The smallest absolute Gasteiger partial charge is 0.222 e. The summed E-state index contributed by atoms with van der Waals surface area (Å²) in [6.07, 6.45) is 3.05. The highest BCUT2D eigenvalue weighted by Crippen LogP contribution is 2.43. The number of anilines is 1. The van der Waals surface area contributed by atoms with Gasteiger partial charge in [0.25, 0.3) is 0 Å². The van der Waals surface area contributed by atoms with E-state index in [1.807, 2.05) is 0 Å². The minimum Gasteiger partial charge on any atom is -0.323 e. The molecule has 0 radical (unpaired) electrons. The molecule has 6 heteroatoms. The second kappa shape index (κ2) is 6.35. The van der Waals surface area contributed by atoms with E-state index in [0.29, 0.717) is 11.5 Å². The van der Waals surface area contributed by atoms with Crippen LogP contribution in [-0.4, -0.2) is 11.0 Å². The summed E-state index contributed by atoms with van der Waals surface area (Å²) in [5, 5.41) is 16.0. The van der Waals surface area contributed by atoms with Crippen molar-refractivity contribution in [2.24, 2.45) is 11.3 Å². The molecule has 0 spiro atoms. The van der Waals surface area contributed by atoms with E-state index in [1.165, 1.54) is 11.8 Å². The van der Waals surface area contributed by atoms with Crippen molar-refractivity contribution in [2.45, 2.75) is 47.0 Å². The Kier molecular flexibility index (Phi) is 4.88. The van der Waals surface area contributed by atoms with E-state index >= 15 is 0 Å². The molecule has 1 aromatic heterocycles. The lowest BCUT2D eigenvalue weighted by atomic mass is 9.72. The number of rotatable bonds is 1. The van der Waals surface area contributed by atoms with Crippen molar-refractivity contribution in [2.75, 3.05) is 5.32 Å². The molecule has 2 N–H and O–H groups in total. The molecule has 22 heavy (non-hydrogen) atoms. The van der Waals surface area contributed by atoms with E-state index in [0.717, 1.165) is 29.8 Å². The highest BCUT2D eigenvalue weighted by molar-refractivity contribution is 7.80. The van der Waals surface area contributed by atoms with Crippen LogP contribution in [0.3, 0.4) is 0 Å². The number of carbonyl (C=O) groups excluding carboxylic acids is 1. The average Bonchev–Trinajstić information content (AvgIpc) is 2.72. The van der Waals surface area contributed by atoms with Crippen LogP contribution in [0.1, 0.15) is 50.1 Å². The third kappa shape index (κ3) is 3.65. The summed E-state index contributed by atoms with van der Waals surface area (Å²) in [5.41, 5.74) is 2.11. The predicted octanol–water partition coefficient (Wildman–Crippen LogP) is 3.60. The molecule has 0 fully saturated rings. The SMILES string of the molecule is CC(=O)NC(=S)Nc1sc2c(c1C#N)CC[C@H](C(C)(C)C)C2. The second-order valence-electron chi connectivity index (χ2n) is 6.76. The van der Waals surface area contributed by atoms with Crippen LogP contribution in [0.15, 0.2) is 0 Å². The van der Waals surface area contributed by atoms with E-state index in [9.17, 15) is 10.1 Å². The molecule has 0 unspecified atom stereocenters. The minimum atomic E-state index is -0.217. The van der Waals surface area contributed by atoms with Crippen molar-refractivity contribution in [1.82, 2.24) is 5.32 Å². The molecule has 118 valence electrons. The van der Waals surface area contributed by atoms with Gasteiger partial charge in [-0.3, -0.25) is 4.79 Å². The van der Waals surface area contributed by atoms with Gasteiger partial charge in [0.05, 0.1) is 5.56 Å². The van der Waals surface area contributed by atoms with Gasteiger partial charge in [0.1, 0.15) is 11.1 Å². The normalized spacial score (nSPS) is 17.3. The lowest BCUT2D eigenvalue weighted by Crippen LogP contribution is -2.32. The molecule has 4 nitrogen and oxygen atoms in total. The van der Waals surface area contributed by atoms with E-state index in [4.69, 9.17) is 12.2 Å². The summed E-state index contributed by atoms with van der Waals surface area (Å²) in [6.45, 7) is 8.22. The van der Waals surface area contributed by atoms with Crippen molar-refractivity contribution in [3.63, 3.8) is 0 Å². The van der Waals surface area contributed by atoms with Gasteiger partial charge in [-0.15, -0.1) is 11.3 Å². The molecule has 1 heterocycles. The summed E-state index contributed by atoms with van der Waals surface area (Å²) >= 11 is 6.69. The van der Waals surface area contributed by atoms with Crippen molar-refractivity contribution in [3.8, 4) is 6.07 Å². The van der Waals surface area contributed by atoms with Gasteiger partial charge in [0, 0.05) is 11.8 Å². The van der Waals surface area contributed by atoms with Gasteiger partial charge >= 0.3 is 0 Å². The minimum absolute atomic E-state index is 0.217. The molecule has 1 atom stereocenters. The number of thiophene rings is 1. The molecular weight excluding hydrogens is 314 g/mol. The van der Waals surface area contributed by atoms with Crippen molar-refractivity contribution in [1.29, 1.82) is 5.26 Å². The van der Waals surface area contributed by atoms with Crippen LogP contribution in [0.4, 0.5) is 5.00 Å². The first-order valence-corrected chi connectivity index (χ1v) is 8.58. The Hall–Kier alpha value is -1.45. The van der Waals surface area contributed by atoms with Gasteiger partial charge in [-0.25, -0.2) is 0 Å².